The summed E-state index contributed by atoms with van der Waals surface area (Å²) in [7, 11) is 0. The lowest BCUT2D eigenvalue weighted by molar-refractivity contribution is 0.621. The van der Waals surface area contributed by atoms with E-state index in [-0.39, 0.29) is 6.04 Å². The van der Waals surface area contributed by atoms with Crippen molar-refractivity contribution in [3.05, 3.63) is 131 Å². The molecule has 0 bridgehead atoms. The van der Waals surface area contributed by atoms with Crippen LogP contribution in [0.25, 0.3) is 28.1 Å². The topological polar surface area (TPSA) is 42.2 Å². The normalized spacial score (nSPS) is 14.9. The molecule has 2 heterocycles. The highest BCUT2D eigenvalue weighted by atomic mass is 35.5. The van der Waals surface area contributed by atoms with Crippen LogP contribution in [0.5, 0.6) is 0 Å². The summed E-state index contributed by atoms with van der Waals surface area (Å²) >= 11 is 6.11. The molecule has 0 saturated heterocycles. The van der Waals surface area contributed by atoms with E-state index in [4.69, 9.17) is 21.8 Å². The lowest BCUT2D eigenvalue weighted by atomic mass is 9.96. The van der Waals surface area contributed by atoms with E-state index in [2.05, 4.69) is 91.3 Å². The Kier molecular flexibility index (Phi) is 5.88. The molecule has 176 valence electrons. The van der Waals surface area contributed by atoms with Crippen molar-refractivity contribution in [1.29, 1.82) is 0 Å². The lowest BCUT2D eigenvalue weighted by Crippen LogP contribution is -2.10. The first kappa shape index (κ1) is 22.3. The first-order valence-electron chi connectivity index (χ1n) is 12.0. The van der Waals surface area contributed by atoms with Gasteiger partial charge in [0.25, 0.3) is 0 Å². The third-order valence-electron chi connectivity index (χ3n) is 6.61. The number of aromatic nitrogens is 2. The number of benzene rings is 4. The van der Waals surface area contributed by atoms with Gasteiger partial charge in [0.05, 0.1) is 23.1 Å². The smallest absolute Gasteiger partial charge is 0.0981 e. The number of aryl methyl sites for hydroxylation is 1. The van der Waals surface area contributed by atoms with Crippen molar-refractivity contribution in [3.63, 3.8) is 0 Å². The highest BCUT2D eigenvalue weighted by molar-refractivity contribution is 6.30. The number of hydrogen-bond acceptors (Lipinski definition) is 3. The fraction of sp³-hybridized carbons (Fsp3) is 0.0968. The molecular formula is C31H25ClN4. The molecule has 36 heavy (non-hydrogen) atoms. The van der Waals surface area contributed by atoms with Crippen LogP contribution in [-0.2, 0) is 0 Å². The quantitative estimate of drug-likeness (QED) is 0.276. The van der Waals surface area contributed by atoms with Crippen molar-refractivity contribution in [1.82, 2.24) is 15.2 Å². The fourth-order valence-corrected chi connectivity index (χ4v) is 4.72. The molecular weight excluding hydrogens is 464 g/mol. The van der Waals surface area contributed by atoms with Crippen LogP contribution in [0.3, 0.4) is 0 Å². The maximum Gasteiger partial charge on any atom is 0.0981 e. The summed E-state index contributed by atoms with van der Waals surface area (Å²) in [5, 5.41) is 10.4. The van der Waals surface area contributed by atoms with Gasteiger partial charge in [-0.1, -0.05) is 96.0 Å². The minimum Gasteiger partial charge on any atom is -0.302 e. The molecule has 0 aliphatic carbocycles. The number of rotatable bonds is 5. The van der Waals surface area contributed by atoms with Crippen LogP contribution in [0.1, 0.15) is 29.2 Å². The van der Waals surface area contributed by atoms with Gasteiger partial charge < -0.3 is 5.43 Å². The molecule has 5 heteroatoms. The summed E-state index contributed by atoms with van der Waals surface area (Å²) < 4.78 is 1.93. The Labute approximate surface area is 215 Å². The summed E-state index contributed by atoms with van der Waals surface area (Å²) in [5.41, 5.74) is 13.3. The molecule has 4 nitrogen and oxygen atoms in total. The van der Waals surface area contributed by atoms with Crippen LogP contribution < -0.4 is 5.43 Å². The lowest BCUT2D eigenvalue weighted by Gasteiger charge is -2.10. The molecule has 1 aromatic heterocycles. The van der Waals surface area contributed by atoms with Gasteiger partial charge in [0, 0.05) is 28.8 Å². The Morgan fingerprint density at radius 1 is 0.750 bits per heavy atom. The fourth-order valence-electron chi connectivity index (χ4n) is 4.59. The summed E-state index contributed by atoms with van der Waals surface area (Å²) in [6.45, 7) is 2.10. The molecule has 0 fully saturated rings. The van der Waals surface area contributed by atoms with E-state index >= 15 is 0 Å². The zero-order valence-electron chi connectivity index (χ0n) is 19.9. The Balaban J connectivity index is 1.30. The monoisotopic (exact) mass is 488 g/mol. The van der Waals surface area contributed by atoms with Gasteiger partial charge >= 0.3 is 0 Å². The Morgan fingerprint density at radius 3 is 2.11 bits per heavy atom. The molecule has 6 rings (SSSR count). The van der Waals surface area contributed by atoms with Gasteiger partial charge in [-0.15, -0.1) is 0 Å². The number of hydrazone groups is 1. The molecule has 1 unspecified atom stereocenters. The van der Waals surface area contributed by atoms with Crippen LogP contribution in [-0.4, -0.2) is 15.5 Å². The highest BCUT2D eigenvalue weighted by Crippen LogP contribution is 2.33. The second kappa shape index (κ2) is 9.48. The first-order chi connectivity index (χ1) is 17.6. The third-order valence-corrected chi connectivity index (χ3v) is 6.86. The minimum atomic E-state index is 0.0335. The van der Waals surface area contributed by atoms with Crippen molar-refractivity contribution in [3.8, 4) is 28.1 Å². The van der Waals surface area contributed by atoms with Crippen molar-refractivity contribution >= 4 is 17.3 Å². The molecule has 0 spiro atoms. The summed E-state index contributed by atoms with van der Waals surface area (Å²) in [6, 6.07) is 35.3. The number of nitrogens with one attached hydrogen (secondary N) is 1. The van der Waals surface area contributed by atoms with Crippen molar-refractivity contribution in [2.45, 2.75) is 19.4 Å². The van der Waals surface area contributed by atoms with Gasteiger partial charge in [-0.2, -0.15) is 10.2 Å². The summed E-state index contributed by atoms with van der Waals surface area (Å²) in [5.74, 6) is 0. The molecule has 0 saturated carbocycles. The maximum absolute atomic E-state index is 6.11. The summed E-state index contributed by atoms with van der Waals surface area (Å²) in [4.78, 5) is 0. The van der Waals surface area contributed by atoms with Crippen molar-refractivity contribution in [2.24, 2.45) is 5.10 Å². The SMILES string of the molecule is Cc1ccc(-c2nn(-c3ccc(Cl)cc3)cc2C2CC(c3ccc(-c4ccccc4)cc3)=NN2)cc1. The van der Waals surface area contributed by atoms with Crippen LogP contribution in [0.15, 0.2) is 114 Å². The van der Waals surface area contributed by atoms with Gasteiger partial charge in [0.2, 0.25) is 0 Å². The van der Waals surface area contributed by atoms with Crippen molar-refractivity contribution < 1.29 is 0 Å². The van der Waals surface area contributed by atoms with E-state index in [1.54, 1.807) is 0 Å². The standard InChI is InChI=1S/C31H25ClN4/c1-21-7-9-25(10-8-21)31-28(20-36(35-31)27-17-15-26(32)16-18-27)30-19-29(33-34-30)24-13-11-23(12-14-24)22-5-3-2-4-6-22/h2-18,20,30,34H,19H2,1H3. The highest BCUT2D eigenvalue weighted by Gasteiger charge is 2.26. The van der Waals surface area contributed by atoms with Crippen LogP contribution in [0.2, 0.25) is 5.02 Å². The third kappa shape index (κ3) is 4.43. The average Bonchev–Trinajstić information content (AvgIpc) is 3.58. The maximum atomic E-state index is 6.11. The van der Waals surface area contributed by atoms with Gasteiger partial charge in [0.15, 0.2) is 0 Å². The molecule has 1 aliphatic rings. The van der Waals surface area contributed by atoms with Gasteiger partial charge in [-0.05, 0) is 47.9 Å². The Bertz CT molecular complexity index is 1520. The van der Waals surface area contributed by atoms with Crippen molar-refractivity contribution in [2.75, 3.05) is 0 Å². The predicted molar refractivity (Wildman–Crippen MR) is 148 cm³/mol. The largest absolute Gasteiger partial charge is 0.302 e. The van der Waals surface area contributed by atoms with E-state index in [1.807, 2.05) is 35.0 Å². The predicted octanol–water partition coefficient (Wildman–Crippen LogP) is 7.61. The van der Waals surface area contributed by atoms with E-state index in [0.717, 1.165) is 40.2 Å². The van der Waals surface area contributed by atoms with Crippen LogP contribution in [0.4, 0.5) is 0 Å². The minimum absolute atomic E-state index is 0.0335. The zero-order chi connectivity index (χ0) is 24.5. The van der Waals surface area contributed by atoms with E-state index in [1.165, 1.54) is 16.7 Å². The molecule has 0 amide bonds. The molecule has 1 atom stereocenters. The van der Waals surface area contributed by atoms with E-state index in [0.29, 0.717) is 5.02 Å². The van der Waals surface area contributed by atoms with Crippen LogP contribution >= 0.6 is 11.6 Å². The van der Waals surface area contributed by atoms with Gasteiger partial charge in [0.1, 0.15) is 0 Å². The molecule has 1 aliphatic heterocycles. The first-order valence-corrected chi connectivity index (χ1v) is 12.4. The molecule has 1 N–H and O–H groups in total. The molecule has 0 radical (unpaired) electrons. The number of halogens is 1. The van der Waals surface area contributed by atoms with E-state index in [9.17, 15) is 0 Å². The summed E-state index contributed by atoms with van der Waals surface area (Å²) in [6.07, 6.45) is 2.89. The number of hydrogen-bond donors (Lipinski definition) is 1. The van der Waals surface area contributed by atoms with E-state index < -0.39 is 0 Å². The average molecular weight is 489 g/mol. The van der Waals surface area contributed by atoms with Gasteiger partial charge in [-0.25, -0.2) is 4.68 Å². The molecule has 5 aromatic rings. The second-order valence-corrected chi connectivity index (χ2v) is 9.54. The molecule has 4 aromatic carbocycles. The Hall–Kier alpha value is -4.15. The second-order valence-electron chi connectivity index (χ2n) is 9.11. The number of nitrogens with zero attached hydrogens (tertiary/aromatic N) is 3. The zero-order valence-corrected chi connectivity index (χ0v) is 20.7. The van der Waals surface area contributed by atoms with Gasteiger partial charge in [-0.3, -0.25) is 0 Å². The Morgan fingerprint density at radius 2 is 1.39 bits per heavy atom. The van der Waals surface area contributed by atoms with Crippen LogP contribution in [0, 0.1) is 6.92 Å².